The molecule has 1 atom stereocenters. The number of aliphatic hydroxyl groups excluding tert-OH is 1. The first-order valence-electron chi connectivity index (χ1n) is 6.74. The monoisotopic (exact) mass is 256 g/mol. The maximum absolute atomic E-state index is 10.5. The molecule has 2 heteroatoms. The van der Waals surface area contributed by atoms with Gasteiger partial charge in [-0.25, -0.2) is 0 Å². The number of rotatable bonds is 5. The molecule has 0 aliphatic heterocycles. The van der Waals surface area contributed by atoms with Gasteiger partial charge < -0.3 is 9.84 Å². The van der Waals surface area contributed by atoms with Gasteiger partial charge in [-0.15, -0.1) is 0 Å². The summed E-state index contributed by atoms with van der Waals surface area (Å²) in [5.74, 6) is 0.835. The third kappa shape index (κ3) is 3.15. The second-order valence-electron chi connectivity index (χ2n) is 4.46. The van der Waals surface area contributed by atoms with Gasteiger partial charge in [-0.05, 0) is 42.2 Å². The summed E-state index contributed by atoms with van der Waals surface area (Å²) in [7, 11) is 0. The van der Waals surface area contributed by atoms with E-state index in [1.54, 1.807) is 0 Å². The molecular formula is C17H20O2. The molecule has 0 saturated heterocycles. The van der Waals surface area contributed by atoms with Crippen LogP contribution in [0.3, 0.4) is 0 Å². The summed E-state index contributed by atoms with van der Waals surface area (Å²) in [4.78, 5) is 0. The second-order valence-corrected chi connectivity index (χ2v) is 4.46. The van der Waals surface area contributed by atoms with Crippen LogP contribution in [0.15, 0.2) is 48.5 Å². The highest BCUT2D eigenvalue weighted by Crippen LogP contribution is 2.26. The largest absolute Gasteiger partial charge is 0.494 e. The predicted octanol–water partition coefficient (Wildman–Crippen LogP) is 3.73. The number of ether oxygens (including phenoxy) is 1. The van der Waals surface area contributed by atoms with Gasteiger partial charge >= 0.3 is 0 Å². The molecule has 0 aliphatic carbocycles. The van der Waals surface area contributed by atoms with Crippen LogP contribution >= 0.6 is 0 Å². The number of aryl methyl sites for hydroxylation is 1. The topological polar surface area (TPSA) is 29.5 Å². The van der Waals surface area contributed by atoms with Crippen molar-refractivity contribution < 1.29 is 9.84 Å². The Labute approximate surface area is 114 Å². The van der Waals surface area contributed by atoms with Crippen LogP contribution in [0.25, 0.3) is 0 Å². The fraction of sp³-hybridized carbons (Fsp3) is 0.294. The number of aliphatic hydroxyl groups is 1. The molecule has 100 valence electrons. The first-order chi connectivity index (χ1) is 9.26. The molecule has 2 nitrogen and oxygen atoms in total. The highest BCUT2D eigenvalue weighted by molar-refractivity contribution is 5.37. The predicted molar refractivity (Wildman–Crippen MR) is 77.5 cm³/mol. The normalized spacial score (nSPS) is 12.2. The van der Waals surface area contributed by atoms with Crippen molar-refractivity contribution in [2.45, 2.75) is 26.4 Å². The minimum Gasteiger partial charge on any atom is -0.494 e. The second kappa shape index (κ2) is 6.39. The SMILES string of the molecule is CCOc1ccc(C(O)c2ccccc2CC)cc1. The van der Waals surface area contributed by atoms with E-state index in [1.165, 1.54) is 5.56 Å². The number of benzene rings is 2. The quantitative estimate of drug-likeness (QED) is 0.883. The maximum Gasteiger partial charge on any atom is 0.119 e. The zero-order chi connectivity index (χ0) is 13.7. The zero-order valence-corrected chi connectivity index (χ0v) is 11.5. The van der Waals surface area contributed by atoms with Crippen molar-refractivity contribution >= 4 is 0 Å². The molecule has 0 spiro atoms. The summed E-state index contributed by atoms with van der Waals surface area (Å²) in [5, 5.41) is 10.5. The zero-order valence-electron chi connectivity index (χ0n) is 11.5. The fourth-order valence-electron chi connectivity index (χ4n) is 2.22. The highest BCUT2D eigenvalue weighted by Gasteiger charge is 2.13. The molecule has 0 amide bonds. The molecule has 0 bridgehead atoms. The van der Waals surface area contributed by atoms with Crippen LogP contribution in [0.1, 0.15) is 36.6 Å². The molecule has 1 unspecified atom stereocenters. The Kier molecular flexibility index (Phi) is 4.58. The van der Waals surface area contributed by atoms with E-state index in [0.29, 0.717) is 6.61 Å². The number of hydrogen-bond acceptors (Lipinski definition) is 2. The van der Waals surface area contributed by atoms with Gasteiger partial charge in [-0.1, -0.05) is 43.3 Å². The van der Waals surface area contributed by atoms with Crippen LogP contribution < -0.4 is 4.74 Å². The van der Waals surface area contributed by atoms with E-state index in [4.69, 9.17) is 4.74 Å². The van der Waals surface area contributed by atoms with Gasteiger partial charge in [0.25, 0.3) is 0 Å². The van der Waals surface area contributed by atoms with Gasteiger partial charge in [0.1, 0.15) is 11.9 Å². The van der Waals surface area contributed by atoms with Crippen molar-refractivity contribution in [2.24, 2.45) is 0 Å². The Morgan fingerprint density at radius 1 is 1.00 bits per heavy atom. The summed E-state index contributed by atoms with van der Waals surface area (Å²) < 4.78 is 5.41. The minimum absolute atomic E-state index is 0.577. The van der Waals surface area contributed by atoms with Gasteiger partial charge in [0.05, 0.1) is 6.61 Å². The minimum atomic E-state index is -0.577. The van der Waals surface area contributed by atoms with E-state index >= 15 is 0 Å². The van der Waals surface area contributed by atoms with E-state index in [1.807, 2.05) is 49.4 Å². The van der Waals surface area contributed by atoms with Crippen molar-refractivity contribution in [2.75, 3.05) is 6.61 Å². The molecular weight excluding hydrogens is 236 g/mol. The van der Waals surface area contributed by atoms with Crippen molar-refractivity contribution in [3.63, 3.8) is 0 Å². The molecule has 0 aromatic heterocycles. The highest BCUT2D eigenvalue weighted by atomic mass is 16.5. The van der Waals surface area contributed by atoms with Crippen LogP contribution in [0.4, 0.5) is 0 Å². The molecule has 0 radical (unpaired) electrons. The van der Waals surface area contributed by atoms with Crippen LogP contribution in [0.5, 0.6) is 5.75 Å². The van der Waals surface area contributed by atoms with Crippen molar-refractivity contribution in [1.29, 1.82) is 0 Å². The van der Waals surface area contributed by atoms with Gasteiger partial charge in [-0.3, -0.25) is 0 Å². The summed E-state index contributed by atoms with van der Waals surface area (Å²) in [6.07, 6.45) is 0.344. The van der Waals surface area contributed by atoms with E-state index in [0.717, 1.165) is 23.3 Å². The molecule has 0 fully saturated rings. The van der Waals surface area contributed by atoms with Crippen LogP contribution in [0.2, 0.25) is 0 Å². The standard InChI is InChI=1S/C17H20O2/c1-3-13-7-5-6-8-16(13)17(18)14-9-11-15(12-10-14)19-4-2/h5-12,17-18H,3-4H2,1-2H3. The van der Waals surface area contributed by atoms with E-state index in [-0.39, 0.29) is 0 Å². The molecule has 1 N–H and O–H groups in total. The fourth-order valence-corrected chi connectivity index (χ4v) is 2.22. The molecule has 19 heavy (non-hydrogen) atoms. The molecule has 2 aromatic rings. The maximum atomic E-state index is 10.5. The van der Waals surface area contributed by atoms with Crippen molar-refractivity contribution in [3.05, 3.63) is 65.2 Å². The summed E-state index contributed by atoms with van der Waals surface area (Å²) in [6, 6.07) is 15.7. The molecule has 0 aliphatic rings. The first-order valence-corrected chi connectivity index (χ1v) is 6.74. The lowest BCUT2D eigenvalue weighted by Crippen LogP contribution is -2.03. The summed E-state index contributed by atoms with van der Waals surface area (Å²) in [5.41, 5.74) is 3.06. The molecule has 0 saturated carbocycles. The first kappa shape index (κ1) is 13.6. The number of hydrogen-bond donors (Lipinski definition) is 1. The third-order valence-electron chi connectivity index (χ3n) is 3.24. The lowest BCUT2D eigenvalue weighted by molar-refractivity contribution is 0.219. The van der Waals surface area contributed by atoms with E-state index in [9.17, 15) is 5.11 Å². The average Bonchev–Trinajstić information content (AvgIpc) is 2.47. The Hall–Kier alpha value is -1.80. The molecule has 2 rings (SSSR count). The molecule has 0 heterocycles. The van der Waals surface area contributed by atoms with Gasteiger partial charge in [0.2, 0.25) is 0 Å². The lowest BCUT2D eigenvalue weighted by Gasteiger charge is -2.15. The van der Waals surface area contributed by atoms with Gasteiger partial charge in [0.15, 0.2) is 0 Å². The van der Waals surface area contributed by atoms with Crippen LogP contribution in [-0.4, -0.2) is 11.7 Å². The lowest BCUT2D eigenvalue weighted by atomic mass is 9.95. The third-order valence-corrected chi connectivity index (χ3v) is 3.24. The Balaban J connectivity index is 2.25. The van der Waals surface area contributed by atoms with Gasteiger partial charge in [0, 0.05) is 0 Å². The Morgan fingerprint density at radius 2 is 1.68 bits per heavy atom. The smallest absolute Gasteiger partial charge is 0.119 e. The summed E-state index contributed by atoms with van der Waals surface area (Å²) in [6.45, 7) is 4.71. The van der Waals surface area contributed by atoms with Crippen LogP contribution in [0, 0.1) is 0 Å². The average molecular weight is 256 g/mol. The summed E-state index contributed by atoms with van der Waals surface area (Å²) >= 11 is 0. The van der Waals surface area contributed by atoms with Gasteiger partial charge in [-0.2, -0.15) is 0 Å². The Morgan fingerprint density at radius 3 is 2.32 bits per heavy atom. The van der Waals surface area contributed by atoms with Crippen molar-refractivity contribution in [3.8, 4) is 5.75 Å². The van der Waals surface area contributed by atoms with Crippen molar-refractivity contribution in [1.82, 2.24) is 0 Å². The van der Waals surface area contributed by atoms with E-state index in [2.05, 4.69) is 13.0 Å². The van der Waals surface area contributed by atoms with Crippen LogP contribution in [-0.2, 0) is 6.42 Å². The Bertz CT molecular complexity index is 517. The van der Waals surface area contributed by atoms with E-state index < -0.39 is 6.10 Å². The molecule has 2 aromatic carbocycles.